The van der Waals surface area contributed by atoms with Crippen molar-refractivity contribution in [2.75, 3.05) is 43.9 Å². The highest BCUT2D eigenvalue weighted by Crippen LogP contribution is 2.36. The zero-order chi connectivity index (χ0) is 22.4. The molecule has 31 heavy (non-hydrogen) atoms. The van der Waals surface area contributed by atoms with E-state index in [9.17, 15) is 14.4 Å². The summed E-state index contributed by atoms with van der Waals surface area (Å²) in [4.78, 5) is 40.8. The van der Waals surface area contributed by atoms with Crippen molar-refractivity contribution >= 4 is 29.1 Å². The van der Waals surface area contributed by atoms with Crippen LogP contribution in [0.4, 0.5) is 11.4 Å². The number of anilines is 2. The van der Waals surface area contributed by atoms with Gasteiger partial charge in [-0.1, -0.05) is 18.2 Å². The van der Waals surface area contributed by atoms with Crippen LogP contribution in [0.5, 0.6) is 5.75 Å². The third kappa shape index (κ3) is 5.82. The molecule has 1 unspecified atom stereocenters. The Balaban J connectivity index is 1.65. The lowest BCUT2D eigenvalue weighted by molar-refractivity contribution is -0.125. The van der Waals surface area contributed by atoms with Gasteiger partial charge in [-0.25, -0.2) is 0 Å². The van der Waals surface area contributed by atoms with E-state index in [2.05, 4.69) is 15.5 Å². The van der Waals surface area contributed by atoms with Gasteiger partial charge in [0.1, 0.15) is 5.75 Å². The van der Waals surface area contributed by atoms with Crippen LogP contribution in [0, 0.1) is 0 Å². The highest BCUT2D eigenvalue weighted by molar-refractivity contribution is 6.02. The Morgan fingerprint density at radius 1 is 1.13 bits per heavy atom. The minimum Gasteiger partial charge on any atom is -0.479 e. The molecule has 3 amide bonds. The second kappa shape index (κ2) is 10.1. The lowest BCUT2D eigenvalue weighted by Crippen LogP contribution is -2.45. The van der Waals surface area contributed by atoms with E-state index in [-0.39, 0.29) is 24.3 Å². The average Bonchev–Trinajstić information content (AvgIpc) is 2.75. The summed E-state index contributed by atoms with van der Waals surface area (Å²) in [5.74, 6) is -0.182. The fraction of sp³-hybridized carbons (Fsp3) is 0.348. The molecule has 0 saturated heterocycles. The van der Waals surface area contributed by atoms with E-state index >= 15 is 0 Å². The van der Waals surface area contributed by atoms with E-state index in [1.54, 1.807) is 54.3 Å². The standard InChI is InChI=1S/C23H28N4O4/c1-16-23(30)27(13-7-12-26(2)3)19-14-18(10-11-20(19)31-16)25-21(28)15-24-22(29)17-8-5-4-6-9-17/h4-6,8-11,14,16H,7,12-13,15H2,1-3H3,(H,24,29)(H,25,28). The van der Waals surface area contributed by atoms with Crippen LogP contribution in [-0.4, -0.2) is 62.5 Å². The third-order valence-corrected chi connectivity index (χ3v) is 4.88. The fourth-order valence-corrected chi connectivity index (χ4v) is 3.32. The third-order valence-electron chi connectivity index (χ3n) is 4.88. The largest absolute Gasteiger partial charge is 0.479 e. The smallest absolute Gasteiger partial charge is 0.267 e. The van der Waals surface area contributed by atoms with E-state index < -0.39 is 6.10 Å². The number of fused-ring (bicyclic) bond motifs is 1. The van der Waals surface area contributed by atoms with Crippen LogP contribution in [-0.2, 0) is 9.59 Å². The Labute approximate surface area is 182 Å². The van der Waals surface area contributed by atoms with Gasteiger partial charge < -0.3 is 25.2 Å². The zero-order valence-electron chi connectivity index (χ0n) is 18.1. The molecule has 2 N–H and O–H groups in total. The summed E-state index contributed by atoms with van der Waals surface area (Å²) >= 11 is 0. The van der Waals surface area contributed by atoms with Gasteiger partial charge >= 0.3 is 0 Å². The summed E-state index contributed by atoms with van der Waals surface area (Å²) in [5, 5.41) is 5.36. The highest BCUT2D eigenvalue weighted by atomic mass is 16.5. The van der Waals surface area contributed by atoms with Crippen LogP contribution < -0.4 is 20.3 Å². The first-order valence-electron chi connectivity index (χ1n) is 10.2. The number of carbonyl (C=O) groups excluding carboxylic acids is 3. The number of nitrogens with one attached hydrogen (secondary N) is 2. The monoisotopic (exact) mass is 424 g/mol. The average molecular weight is 425 g/mol. The number of hydrogen-bond donors (Lipinski definition) is 2. The maximum atomic E-state index is 12.7. The molecular formula is C23H28N4O4. The van der Waals surface area contributed by atoms with Crippen molar-refractivity contribution in [3.8, 4) is 5.75 Å². The van der Waals surface area contributed by atoms with Crippen molar-refractivity contribution in [3.05, 3.63) is 54.1 Å². The molecule has 0 aliphatic carbocycles. The van der Waals surface area contributed by atoms with E-state index in [4.69, 9.17) is 4.74 Å². The molecule has 2 aromatic carbocycles. The number of hydrogen-bond acceptors (Lipinski definition) is 5. The van der Waals surface area contributed by atoms with Gasteiger partial charge in [-0.05, 0) is 64.3 Å². The number of ether oxygens (including phenoxy) is 1. The molecule has 0 radical (unpaired) electrons. The molecule has 1 aliphatic rings. The maximum absolute atomic E-state index is 12.7. The van der Waals surface area contributed by atoms with Gasteiger partial charge in [0.25, 0.3) is 11.8 Å². The SMILES string of the molecule is CC1Oc2ccc(NC(=O)CNC(=O)c3ccccc3)cc2N(CCCN(C)C)C1=O. The van der Waals surface area contributed by atoms with Gasteiger partial charge in [0.15, 0.2) is 6.10 Å². The van der Waals surface area contributed by atoms with Crippen LogP contribution in [0.3, 0.4) is 0 Å². The zero-order valence-corrected chi connectivity index (χ0v) is 18.1. The van der Waals surface area contributed by atoms with E-state index in [1.807, 2.05) is 20.2 Å². The summed E-state index contributed by atoms with van der Waals surface area (Å²) in [6, 6.07) is 13.9. The summed E-state index contributed by atoms with van der Waals surface area (Å²) in [5.41, 5.74) is 1.65. The van der Waals surface area contributed by atoms with Gasteiger partial charge in [0.05, 0.1) is 12.2 Å². The fourth-order valence-electron chi connectivity index (χ4n) is 3.32. The molecular weight excluding hydrogens is 396 g/mol. The number of amides is 3. The molecule has 3 rings (SSSR count). The quantitative estimate of drug-likeness (QED) is 0.677. The second-order valence-corrected chi connectivity index (χ2v) is 7.69. The molecule has 8 nitrogen and oxygen atoms in total. The Bertz CT molecular complexity index is 946. The summed E-state index contributed by atoms with van der Waals surface area (Å²) in [6.07, 6.45) is 0.257. The topological polar surface area (TPSA) is 91.0 Å². The van der Waals surface area contributed by atoms with Gasteiger partial charge in [-0.2, -0.15) is 0 Å². The van der Waals surface area contributed by atoms with Crippen molar-refractivity contribution in [2.45, 2.75) is 19.4 Å². The Kier molecular flexibility index (Phi) is 7.25. The molecule has 0 fully saturated rings. The first-order valence-corrected chi connectivity index (χ1v) is 10.2. The summed E-state index contributed by atoms with van der Waals surface area (Å²) in [7, 11) is 3.98. The first-order chi connectivity index (χ1) is 14.8. The number of nitrogens with zero attached hydrogens (tertiary/aromatic N) is 2. The van der Waals surface area contributed by atoms with Crippen LogP contribution >= 0.6 is 0 Å². The molecule has 1 aliphatic heterocycles. The van der Waals surface area contributed by atoms with Crippen molar-refractivity contribution in [1.82, 2.24) is 10.2 Å². The molecule has 0 saturated carbocycles. The van der Waals surface area contributed by atoms with Crippen LogP contribution in [0.15, 0.2) is 48.5 Å². The van der Waals surface area contributed by atoms with Crippen LogP contribution in [0.25, 0.3) is 0 Å². The minimum atomic E-state index is -0.555. The summed E-state index contributed by atoms with van der Waals surface area (Å²) in [6.45, 7) is 2.98. The molecule has 0 aromatic heterocycles. The van der Waals surface area contributed by atoms with Crippen molar-refractivity contribution < 1.29 is 19.1 Å². The Morgan fingerprint density at radius 3 is 2.58 bits per heavy atom. The Hall–Kier alpha value is -3.39. The van der Waals surface area contributed by atoms with Crippen molar-refractivity contribution in [1.29, 1.82) is 0 Å². The lowest BCUT2D eigenvalue weighted by Gasteiger charge is -2.33. The second-order valence-electron chi connectivity index (χ2n) is 7.69. The van der Waals surface area contributed by atoms with E-state index in [1.165, 1.54) is 0 Å². The Morgan fingerprint density at radius 2 is 1.87 bits per heavy atom. The molecule has 1 atom stereocenters. The number of carbonyl (C=O) groups is 3. The van der Waals surface area contributed by atoms with Gasteiger partial charge in [0.2, 0.25) is 5.91 Å². The summed E-state index contributed by atoms with van der Waals surface area (Å²) < 4.78 is 5.72. The molecule has 0 bridgehead atoms. The van der Waals surface area contributed by atoms with E-state index in [0.29, 0.717) is 29.2 Å². The van der Waals surface area contributed by atoms with Gasteiger partial charge in [-0.15, -0.1) is 0 Å². The van der Waals surface area contributed by atoms with E-state index in [0.717, 1.165) is 13.0 Å². The van der Waals surface area contributed by atoms with Crippen LogP contribution in [0.2, 0.25) is 0 Å². The lowest BCUT2D eigenvalue weighted by atomic mass is 10.1. The molecule has 0 spiro atoms. The maximum Gasteiger partial charge on any atom is 0.267 e. The van der Waals surface area contributed by atoms with Gasteiger partial charge in [-0.3, -0.25) is 14.4 Å². The molecule has 1 heterocycles. The highest BCUT2D eigenvalue weighted by Gasteiger charge is 2.31. The van der Waals surface area contributed by atoms with Crippen LogP contribution in [0.1, 0.15) is 23.7 Å². The predicted molar refractivity (Wildman–Crippen MR) is 119 cm³/mol. The number of benzene rings is 2. The molecule has 8 heteroatoms. The van der Waals surface area contributed by atoms with Crippen molar-refractivity contribution in [2.24, 2.45) is 0 Å². The molecule has 164 valence electrons. The predicted octanol–water partition coefficient (Wildman–Crippen LogP) is 2.12. The van der Waals surface area contributed by atoms with Gasteiger partial charge in [0, 0.05) is 17.8 Å². The minimum absolute atomic E-state index is 0.107. The first kappa shape index (κ1) is 22.3. The van der Waals surface area contributed by atoms with Crippen molar-refractivity contribution in [3.63, 3.8) is 0 Å². The number of rotatable bonds is 8. The molecule has 2 aromatic rings. The normalized spacial score (nSPS) is 15.3.